The zero-order chi connectivity index (χ0) is 10.7. The fourth-order valence-corrected chi connectivity index (χ4v) is 3.86. The fourth-order valence-electron chi connectivity index (χ4n) is 2.61. The van der Waals surface area contributed by atoms with Crippen LogP contribution in [0.2, 0.25) is 0 Å². The van der Waals surface area contributed by atoms with Gasteiger partial charge in [0.05, 0.1) is 0 Å². The van der Waals surface area contributed by atoms with Gasteiger partial charge in [0, 0.05) is 30.4 Å². The van der Waals surface area contributed by atoms with E-state index in [0.29, 0.717) is 0 Å². The summed E-state index contributed by atoms with van der Waals surface area (Å²) in [4.78, 5) is 2.46. The molecule has 3 atom stereocenters. The molecule has 0 aliphatic carbocycles. The van der Waals surface area contributed by atoms with Gasteiger partial charge in [0.2, 0.25) is 0 Å². The molecule has 2 nitrogen and oxygen atoms in total. The van der Waals surface area contributed by atoms with Crippen molar-refractivity contribution >= 4 is 11.8 Å². The Kier molecular flexibility index (Phi) is 4.35. The highest BCUT2D eigenvalue weighted by atomic mass is 32.2. The van der Waals surface area contributed by atoms with Crippen LogP contribution in [0, 0.1) is 0 Å². The van der Waals surface area contributed by atoms with Crippen molar-refractivity contribution in [2.24, 2.45) is 0 Å². The van der Waals surface area contributed by atoms with Crippen molar-refractivity contribution in [1.82, 2.24) is 10.2 Å². The Morgan fingerprint density at radius 3 is 2.87 bits per heavy atom. The van der Waals surface area contributed by atoms with Crippen LogP contribution in [0.5, 0.6) is 0 Å². The van der Waals surface area contributed by atoms with Gasteiger partial charge in [0.1, 0.15) is 0 Å². The summed E-state index contributed by atoms with van der Waals surface area (Å²) in [6.45, 7) is 4.80. The van der Waals surface area contributed by atoms with Crippen LogP contribution < -0.4 is 5.32 Å². The summed E-state index contributed by atoms with van der Waals surface area (Å²) in [5, 5.41) is 4.64. The van der Waals surface area contributed by atoms with E-state index in [1.807, 2.05) is 0 Å². The smallest absolute Gasteiger partial charge is 0.0210 e. The number of nitrogens with one attached hydrogen (secondary N) is 1. The second kappa shape index (κ2) is 5.55. The number of thioether (sulfide) groups is 1. The first kappa shape index (κ1) is 11.7. The average molecular weight is 228 g/mol. The standard InChI is InChI=1S/C12H24N2S/c1-10-7-11(9-14(10)2)13-8-12-5-3-4-6-15-12/h10-13H,3-9H2,1-2H3. The third-order valence-corrected chi connectivity index (χ3v) is 5.19. The SMILES string of the molecule is CC1CC(NCC2CCCCS2)CN1C. The lowest BCUT2D eigenvalue weighted by atomic mass is 10.1. The van der Waals surface area contributed by atoms with Gasteiger partial charge in [-0.2, -0.15) is 11.8 Å². The third kappa shape index (κ3) is 3.36. The summed E-state index contributed by atoms with van der Waals surface area (Å²) in [6, 6.07) is 1.51. The highest BCUT2D eigenvalue weighted by Crippen LogP contribution is 2.25. The monoisotopic (exact) mass is 228 g/mol. The highest BCUT2D eigenvalue weighted by Gasteiger charge is 2.26. The molecular weight excluding hydrogens is 204 g/mol. The van der Waals surface area contributed by atoms with Crippen molar-refractivity contribution in [2.45, 2.75) is 49.9 Å². The van der Waals surface area contributed by atoms with E-state index in [0.717, 1.165) is 17.3 Å². The molecule has 0 bridgehead atoms. The Hall–Kier alpha value is 0.270. The molecule has 2 aliphatic heterocycles. The number of nitrogens with zero attached hydrogens (tertiary/aromatic N) is 1. The van der Waals surface area contributed by atoms with E-state index in [4.69, 9.17) is 0 Å². The number of rotatable bonds is 3. The van der Waals surface area contributed by atoms with Crippen molar-refractivity contribution in [3.8, 4) is 0 Å². The van der Waals surface area contributed by atoms with Crippen LogP contribution in [-0.4, -0.2) is 48.1 Å². The van der Waals surface area contributed by atoms with Crippen LogP contribution in [0.4, 0.5) is 0 Å². The molecule has 2 rings (SSSR count). The average Bonchev–Trinajstić information content (AvgIpc) is 2.57. The Balaban J connectivity index is 1.65. The van der Waals surface area contributed by atoms with Gasteiger partial charge in [-0.3, -0.25) is 0 Å². The van der Waals surface area contributed by atoms with Gasteiger partial charge in [0.15, 0.2) is 0 Å². The van der Waals surface area contributed by atoms with Gasteiger partial charge in [0.25, 0.3) is 0 Å². The molecule has 2 heterocycles. The zero-order valence-corrected chi connectivity index (χ0v) is 10.9. The first-order valence-corrected chi connectivity index (χ1v) is 7.36. The predicted octanol–water partition coefficient (Wildman–Crippen LogP) is 1.95. The van der Waals surface area contributed by atoms with Crippen LogP contribution in [0.3, 0.4) is 0 Å². The Morgan fingerprint density at radius 1 is 1.40 bits per heavy atom. The minimum atomic E-state index is 0.743. The second-order valence-corrected chi connectivity index (χ2v) is 6.53. The van der Waals surface area contributed by atoms with Crippen molar-refractivity contribution in [3.05, 3.63) is 0 Å². The van der Waals surface area contributed by atoms with Gasteiger partial charge in [-0.25, -0.2) is 0 Å². The third-order valence-electron chi connectivity index (χ3n) is 3.79. The van der Waals surface area contributed by atoms with Gasteiger partial charge < -0.3 is 10.2 Å². The van der Waals surface area contributed by atoms with Crippen LogP contribution >= 0.6 is 11.8 Å². The molecule has 0 saturated carbocycles. The molecule has 2 aliphatic rings. The Morgan fingerprint density at radius 2 is 2.27 bits per heavy atom. The van der Waals surface area contributed by atoms with E-state index >= 15 is 0 Å². The lowest BCUT2D eigenvalue weighted by molar-refractivity contribution is 0.326. The first-order valence-electron chi connectivity index (χ1n) is 6.31. The van der Waals surface area contributed by atoms with Gasteiger partial charge >= 0.3 is 0 Å². The molecule has 0 aromatic heterocycles. The molecule has 88 valence electrons. The molecule has 3 heteroatoms. The van der Waals surface area contributed by atoms with Crippen LogP contribution in [-0.2, 0) is 0 Å². The van der Waals surface area contributed by atoms with Gasteiger partial charge in [-0.1, -0.05) is 6.42 Å². The quantitative estimate of drug-likeness (QED) is 0.795. The molecule has 0 spiro atoms. The molecule has 1 N–H and O–H groups in total. The lowest BCUT2D eigenvalue weighted by Crippen LogP contribution is -2.36. The maximum Gasteiger partial charge on any atom is 0.0210 e. The summed E-state index contributed by atoms with van der Waals surface area (Å²) >= 11 is 2.17. The van der Waals surface area contributed by atoms with Crippen molar-refractivity contribution in [2.75, 3.05) is 25.9 Å². The summed E-state index contributed by atoms with van der Waals surface area (Å²) in [6.07, 6.45) is 5.63. The fraction of sp³-hybridized carbons (Fsp3) is 1.00. The molecule has 2 fully saturated rings. The second-order valence-electron chi connectivity index (χ2n) is 5.12. The molecule has 0 aromatic carbocycles. The van der Waals surface area contributed by atoms with E-state index in [1.54, 1.807) is 0 Å². The molecule has 0 amide bonds. The number of likely N-dealkylation sites (N-methyl/N-ethyl adjacent to an activating group) is 1. The predicted molar refractivity (Wildman–Crippen MR) is 68.6 cm³/mol. The minimum Gasteiger partial charge on any atom is -0.312 e. The van der Waals surface area contributed by atoms with E-state index in [9.17, 15) is 0 Å². The summed E-state index contributed by atoms with van der Waals surface area (Å²) in [5.74, 6) is 1.38. The zero-order valence-electron chi connectivity index (χ0n) is 10.0. The van der Waals surface area contributed by atoms with Crippen molar-refractivity contribution < 1.29 is 0 Å². The first-order chi connectivity index (χ1) is 7.25. The van der Waals surface area contributed by atoms with Gasteiger partial charge in [-0.15, -0.1) is 0 Å². The van der Waals surface area contributed by atoms with Crippen molar-refractivity contribution in [1.29, 1.82) is 0 Å². The van der Waals surface area contributed by atoms with E-state index < -0.39 is 0 Å². The van der Waals surface area contributed by atoms with E-state index in [2.05, 4.69) is 35.9 Å². The topological polar surface area (TPSA) is 15.3 Å². The van der Waals surface area contributed by atoms with E-state index in [-0.39, 0.29) is 0 Å². The number of likely N-dealkylation sites (tertiary alicyclic amines) is 1. The lowest BCUT2D eigenvalue weighted by Gasteiger charge is -2.23. The maximum absolute atomic E-state index is 3.75. The largest absolute Gasteiger partial charge is 0.312 e. The maximum atomic E-state index is 3.75. The molecule has 3 unspecified atom stereocenters. The molecular formula is C12H24N2S. The number of hydrogen-bond donors (Lipinski definition) is 1. The minimum absolute atomic E-state index is 0.743. The summed E-state index contributed by atoms with van der Waals surface area (Å²) in [7, 11) is 2.24. The highest BCUT2D eigenvalue weighted by molar-refractivity contribution is 7.99. The van der Waals surface area contributed by atoms with E-state index in [1.165, 1.54) is 44.5 Å². The summed E-state index contributed by atoms with van der Waals surface area (Å²) in [5.41, 5.74) is 0. The summed E-state index contributed by atoms with van der Waals surface area (Å²) < 4.78 is 0. The van der Waals surface area contributed by atoms with Crippen LogP contribution in [0.25, 0.3) is 0 Å². The molecule has 2 saturated heterocycles. The van der Waals surface area contributed by atoms with Gasteiger partial charge in [-0.05, 0) is 39.0 Å². The van der Waals surface area contributed by atoms with Crippen LogP contribution in [0.1, 0.15) is 32.6 Å². The Bertz CT molecular complexity index is 182. The number of hydrogen-bond acceptors (Lipinski definition) is 3. The van der Waals surface area contributed by atoms with Crippen molar-refractivity contribution in [3.63, 3.8) is 0 Å². The normalized spacial score (nSPS) is 38.4. The molecule has 0 radical (unpaired) electrons. The molecule has 15 heavy (non-hydrogen) atoms. The molecule has 0 aromatic rings. The van der Waals surface area contributed by atoms with Crippen LogP contribution in [0.15, 0.2) is 0 Å². The Labute approximate surface area is 98.2 Å².